The van der Waals surface area contributed by atoms with Crippen LogP contribution in [0.15, 0.2) is 30.3 Å². The zero-order valence-electron chi connectivity index (χ0n) is 11.1. The number of fused-ring (bicyclic) bond motifs is 1. The minimum Gasteiger partial charge on any atom is -0.477 e. The Kier molecular flexibility index (Phi) is 4.00. The largest absolute Gasteiger partial charge is 0.477 e. The number of carboxylic acid groups (broad SMARTS) is 1. The van der Waals surface area contributed by atoms with E-state index in [0.717, 1.165) is 23.6 Å². The number of ether oxygens (including phenoxy) is 1. The van der Waals surface area contributed by atoms with Crippen LogP contribution in [0.3, 0.4) is 0 Å². The molecule has 1 aromatic carbocycles. The van der Waals surface area contributed by atoms with Crippen LogP contribution in [0.4, 0.5) is 0 Å². The fourth-order valence-corrected chi connectivity index (χ4v) is 2.02. The third-order valence-corrected chi connectivity index (χ3v) is 2.93. The summed E-state index contributed by atoms with van der Waals surface area (Å²) in [4.78, 5) is 15.2. The molecule has 19 heavy (non-hydrogen) atoms. The molecule has 1 heterocycles. The number of rotatable bonds is 5. The summed E-state index contributed by atoms with van der Waals surface area (Å²) < 4.78 is 5.78. The van der Waals surface area contributed by atoms with Crippen molar-refractivity contribution in [2.75, 3.05) is 0 Å². The number of hydrogen-bond acceptors (Lipinski definition) is 3. The summed E-state index contributed by atoms with van der Waals surface area (Å²) in [6.45, 7) is 4.05. The maximum absolute atomic E-state index is 11.1. The minimum atomic E-state index is -1.04. The number of hydrogen-bond donors (Lipinski definition) is 1. The molecule has 0 aliphatic rings. The van der Waals surface area contributed by atoms with E-state index >= 15 is 0 Å². The first-order valence-corrected chi connectivity index (χ1v) is 6.41. The predicted molar refractivity (Wildman–Crippen MR) is 73.7 cm³/mol. The summed E-state index contributed by atoms with van der Waals surface area (Å²) in [6.07, 6.45) is 1.94. The van der Waals surface area contributed by atoms with Crippen LogP contribution < -0.4 is 4.74 Å². The summed E-state index contributed by atoms with van der Waals surface area (Å²) >= 11 is 0. The van der Waals surface area contributed by atoms with Crippen molar-refractivity contribution in [2.24, 2.45) is 0 Å². The van der Waals surface area contributed by atoms with Crippen molar-refractivity contribution in [1.29, 1.82) is 0 Å². The maximum atomic E-state index is 11.1. The summed E-state index contributed by atoms with van der Waals surface area (Å²) in [5.41, 5.74) is 0.0115. The molecule has 0 amide bonds. The Labute approximate surface area is 112 Å². The van der Waals surface area contributed by atoms with E-state index in [1.54, 1.807) is 6.07 Å². The maximum Gasteiger partial charge on any atom is 0.354 e. The lowest BCUT2D eigenvalue weighted by Gasteiger charge is -2.15. The molecule has 1 N–H and O–H groups in total. The van der Waals surface area contributed by atoms with Crippen LogP contribution in [0.1, 0.15) is 37.2 Å². The van der Waals surface area contributed by atoms with Gasteiger partial charge >= 0.3 is 5.97 Å². The number of carboxylic acids is 1. The van der Waals surface area contributed by atoms with E-state index in [1.807, 2.05) is 31.2 Å². The van der Waals surface area contributed by atoms with Gasteiger partial charge in [0.25, 0.3) is 0 Å². The molecule has 0 saturated heterocycles. The van der Waals surface area contributed by atoms with Gasteiger partial charge in [-0.05, 0) is 30.9 Å². The average Bonchev–Trinajstić information content (AvgIpc) is 2.38. The van der Waals surface area contributed by atoms with Crippen LogP contribution in [-0.4, -0.2) is 22.2 Å². The number of nitrogens with zero attached hydrogens (tertiary/aromatic N) is 1. The van der Waals surface area contributed by atoms with E-state index in [-0.39, 0.29) is 11.8 Å². The number of benzene rings is 1. The first-order chi connectivity index (χ1) is 9.11. The first kappa shape index (κ1) is 13.3. The van der Waals surface area contributed by atoms with Crippen molar-refractivity contribution in [1.82, 2.24) is 4.98 Å². The van der Waals surface area contributed by atoms with Gasteiger partial charge < -0.3 is 9.84 Å². The SMILES string of the molecule is CCCC(C)Oc1nc(C(=O)O)cc2ccccc12. The van der Waals surface area contributed by atoms with Gasteiger partial charge in [0.2, 0.25) is 5.88 Å². The Hall–Kier alpha value is -2.10. The van der Waals surface area contributed by atoms with Gasteiger partial charge in [0.1, 0.15) is 0 Å². The molecular formula is C15H17NO3. The number of aromatic nitrogens is 1. The number of pyridine rings is 1. The lowest BCUT2D eigenvalue weighted by atomic mass is 10.1. The van der Waals surface area contributed by atoms with Crippen molar-refractivity contribution < 1.29 is 14.6 Å². The summed E-state index contributed by atoms with van der Waals surface area (Å²) in [6, 6.07) is 9.08. The molecule has 4 nitrogen and oxygen atoms in total. The Balaban J connectivity index is 2.47. The normalized spacial score (nSPS) is 12.3. The van der Waals surface area contributed by atoms with Crippen LogP contribution in [0.25, 0.3) is 10.8 Å². The van der Waals surface area contributed by atoms with Crippen LogP contribution in [0.5, 0.6) is 5.88 Å². The van der Waals surface area contributed by atoms with Crippen molar-refractivity contribution in [3.05, 3.63) is 36.0 Å². The molecule has 1 unspecified atom stereocenters. The lowest BCUT2D eigenvalue weighted by Crippen LogP contribution is -2.13. The fraction of sp³-hybridized carbons (Fsp3) is 0.333. The molecule has 0 aliphatic heterocycles. The van der Waals surface area contributed by atoms with E-state index in [4.69, 9.17) is 9.84 Å². The van der Waals surface area contributed by atoms with Gasteiger partial charge in [0.05, 0.1) is 6.10 Å². The third-order valence-electron chi connectivity index (χ3n) is 2.93. The monoisotopic (exact) mass is 259 g/mol. The van der Waals surface area contributed by atoms with Gasteiger partial charge in [0, 0.05) is 5.39 Å². The van der Waals surface area contributed by atoms with Crippen molar-refractivity contribution >= 4 is 16.7 Å². The van der Waals surface area contributed by atoms with E-state index < -0.39 is 5.97 Å². The molecule has 0 aliphatic carbocycles. The van der Waals surface area contributed by atoms with Gasteiger partial charge in [-0.1, -0.05) is 31.5 Å². The molecule has 4 heteroatoms. The Bertz CT molecular complexity index is 595. The topological polar surface area (TPSA) is 59.4 Å². The standard InChI is InChI=1S/C15H17NO3/c1-3-6-10(2)19-14-12-8-5-4-7-11(12)9-13(16-14)15(17)18/h4-5,7-10H,3,6H2,1-2H3,(H,17,18). The van der Waals surface area contributed by atoms with Gasteiger partial charge in [-0.2, -0.15) is 0 Å². The van der Waals surface area contributed by atoms with Gasteiger partial charge in [-0.3, -0.25) is 0 Å². The highest BCUT2D eigenvalue weighted by molar-refractivity contribution is 5.94. The molecule has 0 bridgehead atoms. The lowest BCUT2D eigenvalue weighted by molar-refractivity contribution is 0.0688. The van der Waals surface area contributed by atoms with Crippen LogP contribution in [0, 0.1) is 0 Å². The second-order valence-corrected chi connectivity index (χ2v) is 4.56. The van der Waals surface area contributed by atoms with Crippen LogP contribution >= 0.6 is 0 Å². The smallest absolute Gasteiger partial charge is 0.354 e. The zero-order chi connectivity index (χ0) is 13.8. The highest BCUT2D eigenvalue weighted by atomic mass is 16.5. The summed E-state index contributed by atoms with van der Waals surface area (Å²) in [5, 5.41) is 10.8. The molecule has 2 rings (SSSR count). The number of aromatic carboxylic acids is 1. The van der Waals surface area contributed by atoms with Gasteiger partial charge in [-0.25, -0.2) is 9.78 Å². The van der Waals surface area contributed by atoms with Crippen LogP contribution in [0.2, 0.25) is 0 Å². The minimum absolute atomic E-state index is 0.0115. The van der Waals surface area contributed by atoms with Crippen LogP contribution in [-0.2, 0) is 0 Å². The molecule has 100 valence electrons. The van der Waals surface area contributed by atoms with Gasteiger partial charge in [0.15, 0.2) is 5.69 Å². The van der Waals surface area contributed by atoms with E-state index in [2.05, 4.69) is 11.9 Å². The number of carbonyl (C=O) groups is 1. The van der Waals surface area contributed by atoms with Gasteiger partial charge in [-0.15, -0.1) is 0 Å². The second-order valence-electron chi connectivity index (χ2n) is 4.56. The van der Waals surface area contributed by atoms with Crippen molar-refractivity contribution in [3.63, 3.8) is 0 Å². The molecular weight excluding hydrogens is 242 g/mol. The summed E-state index contributed by atoms with van der Waals surface area (Å²) in [7, 11) is 0. The van der Waals surface area contributed by atoms with E-state index in [1.165, 1.54) is 0 Å². The Morgan fingerprint density at radius 3 is 2.84 bits per heavy atom. The molecule has 0 spiro atoms. The van der Waals surface area contributed by atoms with Crippen molar-refractivity contribution in [2.45, 2.75) is 32.8 Å². The molecule has 0 fully saturated rings. The second kappa shape index (κ2) is 5.69. The van der Waals surface area contributed by atoms with E-state index in [9.17, 15) is 4.79 Å². The molecule has 0 saturated carbocycles. The first-order valence-electron chi connectivity index (χ1n) is 6.41. The average molecular weight is 259 g/mol. The molecule has 2 aromatic rings. The zero-order valence-corrected chi connectivity index (χ0v) is 11.1. The molecule has 1 aromatic heterocycles. The highest BCUT2D eigenvalue weighted by Gasteiger charge is 2.13. The molecule has 1 atom stereocenters. The Morgan fingerprint density at radius 2 is 2.16 bits per heavy atom. The highest BCUT2D eigenvalue weighted by Crippen LogP contribution is 2.25. The summed E-state index contributed by atoms with van der Waals surface area (Å²) in [5.74, 6) is -0.643. The Morgan fingerprint density at radius 1 is 1.42 bits per heavy atom. The molecule has 0 radical (unpaired) electrons. The third kappa shape index (κ3) is 3.02. The van der Waals surface area contributed by atoms with E-state index in [0.29, 0.717) is 5.88 Å². The van der Waals surface area contributed by atoms with Crippen molar-refractivity contribution in [3.8, 4) is 5.88 Å². The fourth-order valence-electron chi connectivity index (χ4n) is 2.02. The predicted octanol–water partition coefficient (Wildman–Crippen LogP) is 3.50. The quantitative estimate of drug-likeness (QED) is 0.892.